The maximum Gasteiger partial charge on any atom is 0.276 e. The standard InChI is InChI=1S/C12H12BrN3O2/c1-7(2)10-5-11(18-16-10)15-12(17)9-4-3-8(13)6-14-9/h3-7H,1-2H3,(H,15,17). The number of halogens is 1. The molecule has 0 aliphatic carbocycles. The summed E-state index contributed by atoms with van der Waals surface area (Å²) in [7, 11) is 0. The molecule has 0 aliphatic heterocycles. The lowest BCUT2D eigenvalue weighted by Crippen LogP contribution is -2.12. The van der Waals surface area contributed by atoms with Crippen LogP contribution >= 0.6 is 15.9 Å². The van der Waals surface area contributed by atoms with Gasteiger partial charge in [0.05, 0.1) is 5.69 Å². The van der Waals surface area contributed by atoms with Crippen molar-refractivity contribution < 1.29 is 9.32 Å². The van der Waals surface area contributed by atoms with Gasteiger partial charge in [-0.3, -0.25) is 10.1 Å². The normalized spacial score (nSPS) is 10.7. The third kappa shape index (κ3) is 2.95. The quantitative estimate of drug-likeness (QED) is 0.945. The number of hydrogen-bond donors (Lipinski definition) is 1. The predicted octanol–water partition coefficient (Wildman–Crippen LogP) is 3.21. The number of carbonyl (C=O) groups excluding carboxylic acids is 1. The van der Waals surface area contributed by atoms with Crippen LogP contribution in [0.2, 0.25) is 0 Å². The molecule has 0 aliphatic rings. The predicted molar refractivity (Wildman–Crippen MR) is 70.5 cm³/mol. The number of hydrogen-bond acceptors (Lipinski definition) is 4. The van der Waals surface area contributed by atoms with Crippen LogP contribution in [0.3, 0.4) is 0 Å². The molecule has 0 radical (unpaired) electrons. The Hall–Kier alpha value is -1.69. The molecule has 0 spiro atoms. The Balaban J connectivity index is 2.08. The van der Waals surface area contributed by atoms with E-state index in [9.17, 15) is 4.79 Å². The molecule has 0 aromatic carbocycles. The fraction of sp³-hybridized carbons (Fsp3) is 0.250. The molecule has 0 bridgehead atoms. The van der Waals surface area contributed by atoms with Gasteiger partial charge in [0.15, 0.2) is 0 Å². The van der Waals surface area contributed by atoms with Gasteiger partial charge in [-0.1, -0.05) is 19.0 Å². The monoisotopic (exact) mass is 309 g/mol. The second-order valence-corrected chi connectivity index (χ2v) is 5.00. The molecule has 0 unspecified atom stereocenters. The van der Waals surface area contributed by atoms with Crippen molar-refractivity contribution in [3.05, 3.63) is 40.3 Å². The lowest BCUT2D eigenvalue weighted by Gasteiger charge is -1.99. The van der Waals surface area contributed by atoms with Crippen molar-refractivity contribution in [2.75, 3.05) is 5.32 Å². The Morgan fingerprint density at radius 2 is 2.22 bits per heavy atom. The summed E-state index contributed by atoms with van der Waals surface area (Å²) < 4.78 is 5.84. The molecule has 0 saturated heterocycles. The van der Waals surface area contributed by atoms with Crippen LogP contribution in [0.15, 0.2) is 33.4 Å². The van der Waals surface area contributed by atoms with Gasteiger partial charge in [-0.15, -0.1) is 0 Å². The summed E-state index contributed by atoms with van der Waals surface area (Å²) in [5.74, 6) is 0.257. The molecule has 2 aromatic rings. The minimum Gasteiger partial charge on any atom is -0.338 e. The summed E-state index contributed by atoms with van der Waals surface area (Å²) in [5, 5.41) is 6.47. The van der Waals surface area contributed by atoms with E-state index in [4.69, 9.17) is 4.52 Å². The smallest absolute Gasteiger partial charge is 0.276 e. The zero-order valence-corrected chi connectivity index (χ0v) is 11.6. The number of pyridine rings is 1. The third-order valence-electron chi connectivity index (χ3n) is 2.32. The summed E-state index contributed by atoms with van der Waals surface area (Å²) in [6, 6.07) is 5.09. The third-order valence-corrected chi connectivity index (χ3v) is 2.79. The second-order valence-electron chi connectivity index (χ2n) is 4.09. The fourth-order valence-electron chi connectivity index (χ4n) is 1.31. The van der Waals surface area contributed by atoms with Gasteiger partial charge in [-0.05, 0) is 34.0 Å². The molecule has 18 heavy (non-hydrogen) atoms. The first-order valence-electron chi connectivity index (χ1n) is 5.46. The van der Waals surface area contributed by atoms with E-state index in [1.165, 1.54) is 0 Å². The van der Waals surface area contributed by atoms with E-state index in [1.54, 1.807) is 24.4 Å². The summed E-state index contributed by atoms with van der Waals surface area (Å²) in [5.41, 5.74) is 1.12. The maximum atomic E-state index is 11.8. The first kappa shape index (κ1) is 12.8. The molecular formula is C12H12BrN3O2. The van der Waals surface area contributed by atoms with Crippen molar-refractivity contribution in [3.8, 4) is 0 Å². The van der Waals surface area contributed by atoms with Gasteiger partial charge >= 0.3 is 0 Å². The van der Waals surface area contributed by atoms with Crippen LogP contribution in [-0.2, 0) is 0 Å². The van der Waals surface area contributed by atoms with E-state index >= 15 is 0 Å². The van der Waals surface area contributed by atoms with Crippen LogP contribution < -0.4 is 5.32 Å². The number of anilines is 1. The number of aromatic nitrogens is 2. The number of carbonyl (C=O) groups is 1. The van der Waals surface area contributed by atoms with E-state index in [0.29, 0.717) is 11.6 Å². The molecule has 5 nitrogen and oxygen atoms in total. The van der Waals surface area contributed by atoms with Gasteiger partial charge in [0, 0.05) is 16.7 Å². The molecule has 0 atom stereocenters. The minimum atomic E-state index is -0.325. The van der Waals surface area contributed by atoms with E-state index in [-0.39, 0.29) is 11.8 Å². The van der Waals surface area contributed by atoms with Gasteiger partial charge in [0.1, 0.15) is 5.69 Å². The molecule has 2 rings (SSSR count). The highest BCUT2D eigenvalue weighted by Crippen LogP contribution is 2.18. The number of nitrogens with one attached hydrogen (secondary N) is 1. The van der Waals surface area contributed by atoms with Gasteiger partial charge in [-0.2, -0.15) is 0 Å². The van der Waals surface area contributed by atoms with Gasteiger partial charge in [0.25, 0.3) is 5.91 Å². The first-order chi connectivity index (χ1) is 8.56. The van der Waals surface area contributed by atoms with E-state index in [0.717, 1.165) is 10.2 Å². The van der Waals surface area contributed by atoms with Gasteiger partial charge < -0.3 is 4.52 Å². The number of rotatable bonds is 3. The Kier molecular flexibility index (Phi) is 3.76. The number of nitrogens with zero attached hydrogens (tertiary/aromatic N) is 2. The molecule has 0 saturated carbocycles. The summed E-state index contributed by atoms with van der Waals surface area (Å²) >= 11 is 3.26. The second kappa shape index (κ2) is 5.30. The molecule has 6 heteroatoms. The molecule has 94 valence electrons. The Morgan fingerprint density at radius 3 is 2.78 bits per heavy atom. The largest absolute Gasteiger partial charge is 0.338 e. The van der Waals surface area contributed by atoms with Crippen molar-refractivity contribution in [3.63, 3.8) is 0 Å². The van der Waals surface area contributed by atoms with Crippen molar-refractivity contribution in [2.45, 2.75) is 19.8 Å². The topological polar surface area (TPSA) is 68.0 Å². The SMILES string of the molecule is CC(C)c1cc(NC(=O)c2ccc(Br)cn2)on1. The fourth-order valence-corrected chi connectivity index (χ4v) is 1.54. The van der Waals surface area contributed by atoms with Crippen LogP contribution in [-0.4, -0.2) is 16.0 Å². The molecule has 1 N–H and O–H groups in total. The Morgan fingerprint density at radius 1 is 1.44 bits per heavy atom. The molecule has 2 aromatic heterocycles. The van der Waals surface area contributed by atoms with E-state index < -0.39 is 0 Å². The number of amides is 1. The maximum absolute atomic E-state index is 11.8. The highest BCUT2D eigenvalue weighted by atomic mass is 79.9. The van der Waals surface area contributed by atoms with Gasteiger partial charge in [-0.25, -0.2) is 4.98 Å². The van der Waals surface area contributed by atoms with Crippen molar-refractivity contribution in [1.29, 1.82) is 0 Å². The minimum absolute atomic E-state index is 0.255. The van der Waals surface area contributed by atoms with Gasteiger partial charge in [0.2, 0.25) is 5.88 Å². The summed E-state index contributed by atoms with van der Waals surface area (Å²) in [4.78, 5) is 15.8. The van der Waals surface area contributed by atoms with Crippen LogP contribution in [0.4, 0.5) is 5.88 Å². The van der Waals surface area contributed by atoms with E-state index in [1.807, 2.05) is 13.8 Å². The highest BCUT2D eigenvalue weighted by molar-refractivity contribution is 9.10. The van der Waals surface area contributed by atoms with Crippen LogP contribution in [0.1, 0.15) is 35.9 Å². The molecule has 1 amide bonds. The van der Waals surface area contributed by atoms with Crippen LogP contribution in [0, 0.1) is 0 Å². The lowest BCUT2D eigenvalue weighted by molar-refractivity contribution is 0.101. The average Bonchev–Trinajstić information content (AvgIpc) is 2.78. The Bertz CT molecular complexity index is 549. The zero-order chi connectivity index (χ0) is 13.1. The van der Waals surface area contributed by atoms with Crippen LogP contribution in [0.25, 0.3) is 0 Å². The van der Waals surface area contributed by atoms with Crippen LogP contribution in [0.5, 0.6) is 0 Å². The molecular weight excluding hydrogens is 298 g/mol. The molecule has 2 heterocycles. The zero-order valence-electron chi connectivity index (χ0n) is 9.98. The van der Waals surface area contributed by atoms with Crippen molar-refractivity contribution in [2.24, 2.45) is 0 Å². The summed E-state index contributed by atoms with van der Waals surface area (Å²) in [6.07, 6.45) is 1.56. The Labute approximate surface area is 113 Å². The average molecular weight is 310 g/mol. The first-order valence-corrected chi connectivity index (χ1v) is 6.25. The summed E-state index contributed by atoms with van der Waals surface area (Å²) in [6.45, 7) is 4.00. The highest BCUT2D eigenvalue weighted by Gasteiger charge is 2.12. The molecule has 0 fully saturated rings. The van der Waals surface area contributed by atoms with Crippen molar-refractivity contribution >= 4 is 27.7 Å². The lowest BCUT2D eigenvalue weighted by atomic mass is 10.1. The van der Waals surface area contributed by atoms with Crippen molar-refractivity contribution in [1.82, 2.24) is 10.1 Å². The van der Waals surface area contributed by atoms with E-state index in [2.05, 4.69) is 31.4 Å².